The molecule has 1 aliphatic heterocycles. The molecule has 5 atom stereocenters. The van der Waals surface area contributed by atoms with Crippen LogP contribution in [0.4, 0.5) is 0 Å². The third-order valence-electron chi connectivity index (χ3n) is 5.68. The van der Waals surface area contributed by atoms with E-state index < -0.39 is 0 Å². The highest BCUT2D eigenvalue weighted by Crippen LogP contribution is 2.47. The van der Waals surface area contributed by atoms with Gasteiger partial charge in [0.05, 0.1) is 5.92 Å². The molecule has 1 saturated heterocycles. The van der Waals surface area contributed by atoms with Crippen LogP contribution in [0.1, 0.15) is 39.0 Å². The molecule has 3 N–H and O–H groups in total. The molecule has 2 bridgehead atoms. The summed E-state index contributed by atoms with van der Waals surface area (Å²) in [5.74, 6) is 2.01. The van der Waals surface area contributed by atoms with Crippen molar-refractivity contribution in [3.63, 3.8) is 0 Å². The van der Waals surface area contributed by atoms with Crippen LogP contribution >= 0.6 is 24.8 Å². The molecule has 0 aromatic carbocycles. The molecule has 1 heterocycles. The molecule has 4 nitrogen and oxygen atoms in total. The lowest BCUT2D eigenvalue weighted by atomic mass is 9.84. The molecule has 3 fully saturated rings. The molecule has 2 aliphatic carbocycles. The first-order valence-electron chi connectivity index (χ1n) is 8.41. The average molecular weight is 352 g/mol. The molecule has 0 aromatic heterocycles. The largest absolute Gasteiger partial charge is 0.355 e. The Morgan fingerprint density at radius 2 is 1.86 bits per heavy atom. The number of hydrogen-bond acceptors (Lipinski definition) is 3. The molecule has 1 amide bonds. The Kier molecular flexibility index (Phi) is 7.93. The summed E-state index contributed by atoms with van der Waals surface area (Å²) >= 11 is 0. The fraction of sp³-hybridized carbons (Fsp3) is 0.938. The van der Waals surface area contributed by atoms with E-state index >= 15 is 0 Å². The lowest BCUT2D eigenvalue weighted by Crippen LogP contribution is -2.46. The van der Waals surface area contributed by atoms with Gasteiger partial charge < -0.3 is 16.0 Å². The summed E-state index contributed by atoms with van der Waals surface area (Å²) in [6.45, 7) is 6.61. The number of carbonyl (C=O) groups is 1. The molecule has 0 aromatic rings. The maximum atomic E-state index is 12.4. The lowest BCUT2D eigenvalue weighted by Gasteiger charge is -2.28. The van der Waals surface area contributed by atoms with Gasteiger partial charge in [-0.1, -0.05) is 6.92 Å². The number of nitrogens with zero attached hydrogens (tertiary/aromatic N) is 1. The Bertz CT molecular complexity index is 361. The normalized spacial score (nSPS) is 34.8. The van der Waals surface area contributed by atoms with Crippen LogP contribution < -0.4 is 11.1 Å². The zero-order valence-corrected chi connectivity index (χ0v) is 15.1. The van der Waals surface area contributed by atoms with Gasteiger partial charge in [0.1, 0.15) is 0 Å². The second-order valence-electron chi connectivity index (χ2n) is 7.29. The summed E-state index contributed by atoms with van der Waals surface area (Å²) in [7, 11) is 0. The molecular formula is C16H31Cl2N3O. The van der Waals surface area contributed by atoms with Gasteiger partial charge in [0.15, 0.2) is 0 Å². The predicted molar refractivity (Wildman–Crippen MR) is 94.6 cm³/mol. The fourth-order valence-electron chi connectivity index (χ4n) is 4.59. The fourth-order valence-corrected chi connectivity index (χ4v) is 4.59. The molecule has 5 unspecified atom stereocenters. The van der Waals surface area contributed by atoms with Gasteiger partial charge in [-0.2, -0.15) is 0 Å². The quantitative estimate of drug-likeness (QED) is 0.796. The number of nitrogens with one attached hydrogen (secondary N) is 1. The number of amides is 1. The van der Waals surface area contributed by atoms with Crippen molar-refractivity contribution in [2.24, 2.45) is 29.4 Å². The topological polar surface area (TPSA) is 58.4 Å². The predicted octanol–water partition coefficient (Wildman–Crippen LogP) is 2.05. The molecular weight excluding hydrogens is 321 g/mol. The highest BCUT2D eigenvalue weighted by atomic mass is 35.5. The zero-order valence-electron chi connectivity index (χ0n) is 13.5. The van der Waals surface area contributed by atoms with Crippen LogP contribution in [-0.4, -0.2) is 43.0 Å². The summed E-state index contributed by atoms with van der Waals surface area (Å²) in [5, 5.41) is 3.17. The Balaban J connectivity index is 0.00000121. The SMILES string of the molecule is CC(CNC(=O)C1C2CCC(C2)C1N)CN1CCCC1.Cl.Cl. The maximum absolute atomic E-state index is 12.4. The van der Waals surface area contributed by atoms with E-state index in [4.69, 9.17) is 5.73 Å². The van der Waals surface area contributed by atoms with E-state index in [1.807, 2.05) is 0 Å². The van der Waals surface area contributed by atoms with E-state index in [1.165, 1.54) is 45.2 Å². The highest BCUT2D eigenvalue weighted by Gasteiger charge is 2.48. The summed E-state index contributed by atoms with van der Waals surface area (Å²) in [6.07, 6.45) is 6.29. The Morgan fingerprint density at radius 1 is 1.23 bits per heavy atom. The van der Waals surface area contributed by atoms with Gasteiger partial charge in [-0.3, -0.25) is 4.79 Å². The zero-order chi connectivity index (χ0) is 14.1. The number of nitrogens with two attached hydrogens (primary N) is 1. The lowest BCUT2D eigenvalue weighted by molar-refractivity contribution is -0.127. The van der Waals surface area contributed by atoms with Crippen LogP contribution in [0.25, 0.3) is 0 Å². The van der Waals surface area contributed by atoms with Crippen LogP contribution in [0.5, 0.6) is 0 Å². The molecule has 0 spiro atoms. The number of hydrogen-bond donors (Lipinski definition) is 2. The number of fused-ring (bicyclic) bond motifs is 2. The maximum Gasteiger partial charge on any atom is 0.224 e. The molecule has 3 rings (SSSR count). The third kappa shape index (κ3) is 4.28. The van der Waals surface area contributed by atoms with E-state index in [2.05, 4.69) is 17.1 Å². The third-order valence-corrected chi connectivity index (χ3v) is 5.68. The average Bonchev–Trinajstić information content (AvgIpc) is 3.12. The molecule has 6 heteroatoms. The second kappa shape index (κ2) is 8.72. The molecule has 3 aliphatic rings. The van der Waals surface area contributed by atoms with Gasteiger partial charge in [0.2, 0.25) is 5.91 Å². The Morgan fingerprint density at radius 3 is 2.45 bits per heavy atom. The minimum Gasteiger partial charge on any atom is -0.355 e. The number of halogens is 2. The van der Waals surface area contributed by atoms with E-state index in [-0.39, 0.29) is 42.7 Å². The van der Waals surface area contributed by atoms with E-state index in [0.29, 0.717) is 17.8 Å². The van der Waals surface area contributed by atoms with Crippen molar-refractivity contribution in [1.29, 1.82) is 0 Å². The monoisotopic (exact) mass is 351 g/mol. The molecule has 130 valence electrons. The van der Waals surface area contributed by atoms with Crippen LogP contribution in [0.3, 0.4) is 0 Å². The Hall–Kier alpha value is -0.0300. The summed E-state index contributed by atoms with van der Waals surface area (Å²) in [6, 6.07) is 0.114. The van der Waals surface area contributed by atoms with Crippen LogP contribution in [-0.2, 0) is 4.79 Å². The van der Waals surface area contributed by atoms with Gasteiger partial charge >= 0.3 is 0 Å². The minimum absolute atomic E-state index is 0. The molecule has 2 saturated carbocycles. The summed E-state index contributed by atoms with van der Waals surface area (Å²) in [5.41, 5.74) is 6.23. The van der Waals surface area contributed by atoms with E-state index in [9.17, 15) is 4.79 Å². The van der Waals surface area contributed by atoms with Crippen molar-refractivity contribution in [3.8, 4) is 0 Å². The standard InChI is InChI=1S/C16H29N3O.2ClH/c1-11(10-19-6-2-3-7-19)9-18-16(20)14-12-4-5-13(8-12)15(14)17;;/h11-15H,2-10,17H2,1H3,(H,18,20);2*1H. The van der Waals surface area contributed by atoms with Crippen LogP contribution in [0.2, 0.25) is 0 Å². The van der Waals surface area contributed by atoms with Gasteiger partial charge in [0.25, 0.3) is 0 Å². The van der Waals surface area contributed by atoms with Gasteiger partial charge in [0, 0.05) is 19.1 Å². The van der Waals surface area contributed by atoms with Crippen molar-refractivity contribution in [1.82, 2.24) is 10.2 Å². The molecule has 0 radical (unpaired) electrons. The van der Waals surface area contributed by atoms with Crippen LogP contribution in [0.15, 0.2) is 0 Å². The molecule has 22 heavy (non-hydrogen) atoms. The number of carbonyl (C=O) groups excluding carboxylic acids is 1. The van der Waals surface area contributed by atoms with E-state index in [1.54, 1.807) is 0 Å². The first kappa shape index (κ1) is 20.0. The van der Waals surface area contributed by atoms with Crippen molar-refractivity contribution in [2.45, 2.75) is 45.1 Å². The van der Waals surface area contributed by atoms with Crippen molar-refractivity contribution >= 4 is 30.7 Å². The smallest absolute Gasteiger partial charge is 0.224 e. The first-order valence-corrected chi connectivity index (χ1v) is 8.41. The minimum atomic E-state index is 0. The summed E-state index contributed by atoms with van der Waals surface area (Å²) < 4.78 is 0. The Labute approximate surface area is 146 Å². The van der Waals surface area contributed by atoms with Gasteiger partial charge in [-0.05, 0) is 62.9 Å². The number of likely N-dealkylation sites (tertiary alicyclic amines) is 1. The van der Waals surface area contributed by atoms with Crippen molar-refractivity contribution in [2.75, 3.05) is 26.2 Å². The first-order chi connectivity index (χ1) is 9.65. The highest BCUT2D eigenvalue weighted by molar-refractivity contribution is 5.85. The van der Waals surface area contributed by atoms with Crippen molar-refractivity contribution in [3.05, 3.63) is 0 Å². The van der Waals surface area contributed by atoms with E-state index in [0.717, 1.165) is 13.1 Å². The van der Waals surface area contributed by atoms with Crippen molar-refractivity contribution < 1.29 is 4.79 Å². The number of rotatable bonds is 5. The van der Waals surface area contributed by atoms with Crippen LogP contribution in [0, 0.1) is 23.7 Å². The van der Waals surface area contributed by atoms with Gasteiger partial charge in [-0.25, -0.2) is 0 Å². The van der Waals surface area contributed by atoms with Gasteiger partial charge in [-0.15, -0.1) is 24.8 Å². The summed E-state index contributed by atoms with van der Waals surface area (Å²) in [4.78, 5) is 14.9. The second-order valence-corrected chi connectivity index (χ2v) is 7.29.